The molecule has 0 heterocycles. The van der Waals surface area contributed by atoms with Gasteiger partial charge in [-0.05, 0) is 29.7 Å². The molecule has 0 fully saturated rings. The van der Waals surface area contributed by atoms with E-state index in [1.807, 2.05) is 6.92 Å². The minimum Gasteiger partial charge on any atom is -0.398 e. The normalized spacial score (nSPS) is 11.7. The quantitative estimate of drug-likeness (QED) is 0.779. The third-order valence-corrected chi connectivity index (χ3v) is 2.88. The van der Waals surface area contributed by atoms with E-state index in [9.17, 15) is 12.8 Å². The maximum absolute atomic E-state index is 13.3. The van der Waals surface area contributed by atoms with Crippen LogP contribution in [0.4, 0.5) is 10.1 Å². The molecule has 90 valence electrons. The molecule has 3 N–H and O–H groups in total. The molecule has 4 nitrogen and oxygen atoms in total. The summed E-state index contributed by atoms with van der Waals surface area (Å²) in [4.78, 5) is 0. The zero-order valence-corrected chi connectivity index (χ0v) is 10.1. The molecule has 1 rings (SSSR count). The maximum atomic E-state index is 13.3. The molecule has 0 saturated carbocycles. The SMILES string of the molecule is CCc1cc(CNS(C)(=O)=O)c(N)cc1F. The third kappa shape index (κ3) is 3.46. The van der Waals surface area contributed by atoms with Crippen molar-refractivity contribution in [3.8, 4) is 0 Å². The number of nitrogen functional groups attached to an aromatic ring is 1. The Labute approximate surface area is 94.7 Å². The number of nitrogens with one attached hydrogen (secondary N) is 1. The molecule has 0 aliphatic rings. The van der Waals surface area contributed by atoms with Crippen LogP contribution in [0.5, 0.6) is 0 Å². The predicted molar refractivity (Wildman–Crippen MR) is 61.9 cm³/mol. The van der Waals surface area contributed by atoms with Crippen LogP contribution < -0.4 is 10.5 Å². The van der Waals surface area contributed by atoms with Gasteiger partial charge in [-0.1, -0.05) is 6.92 Å². The van der Waals surface area contributed by atoms with Crippen LogP contribution in [-0.4, -0.2) is 14.7 Å². The highest BCUT2D eigenvalue weighted by atomic mass is 32.2. The summed E-state index contributed by atoms with van der Waals surface area (Å²) in [5.41, 5.74) is 6.97. The lowest BCUT2D eigenvalue weighted by Gasteiger charge is -2.09. The average molecular weight is 246 g/mol. The van der Waals surface area contributed by atoms with Gasteiger partial charge < -0.3 is 5.73 Å². The van der Waals surface area contributed by atoms with Crippen molar-refractivity contribution >= 4 is 15.7 Å². The molecule has 0 spiro atoms. The van der Waals surface area contributed by atoms with E-state index in [4.69, 9.17) is 5.73 Å². The van der Waals surface area contributed by atoms with E-state index >= 15 is 0 Å². The molecule has 0 atom stereocenters. The van der Waals surface area contributed by atoms with Crippen LogP contribution >= 0.6 is 0 Å². The molecule has 16 heavy (non-hydrogen) atoms. The first-order valence-corrected chi connectivity index (χ1v) is 6.74. The van der Waals surface area contributed by atoms with Gasteiger partial charge in [-0.2, -0.15) is 0 Å². The highest BCUT2D eigenvalue weighted by Gasteiger charge is 2.08. The first-order valence-electron chi connectivity index (χ1n) is 4.85. The second-order valence-electron chi connectivity index (χ2n) is 3.59. The summed E-state index contributed by atoms with van der Waals surface area (Å²) >= 11 is 0. The average Bonchev–Trinajstić information content (AvgIpc) is 2.15. The number of rotatable bonds is 4. The van der Waals surface area contributed by atoms with Crippen molar-refractivity contribution in [1.29, 1.82) is 0 Å². The molecule has 0 amide bonds. The lowest BCUT2D eigenvalue weighted by Crippen LogP contribution is -2.22. The summed E-state index contributed by atoms with van der Waals surface area (Å²) in [5, 5.41) is 0. The molecule has 0 saturated heterocycles. The highest BCUT2D eigenvalue weighted by molar-refractivity contribution is 7.88. The van der Waals surface area contributed by atoms with E-state index < -0.39 is 10.0 Å². The van der Waals surface area contributed by atoms with E-state index in [0.29, 0.717) is 17.5 Å². The predicted octanol–water partition coefficient (Wildman–Crippen LogP) is 1.02. The Morgan fingerprint density at radius 3 is 2.50 bits per heavy atom. The van der Waals surface area contributed by atoms with Crippen LogP contribution in [0.1, 0.15) is 18.1 Å². The summed E-state index contributed by atoms with van der Waals surface area (Å²) in [6.45, 7) is 1.90. The minimum atomic E-state index is -3.27. The Morgan fingerprint density at radius 2 is 2.00 bits per heavy atom. The summed E-state index contributed by atoms with van der Waals surface area (Å²) in [7, 11) is -3.27. The van der Waals surface area contributed by atoms with Crippen LogP contribution in [0.3, 0.4) is 0 Å². The lowest BCUT2D eigenvalue weighted by atomic mass is 10.1. The van der Waals surface area contributed by atoms with Crippen molar-refractivity contribution in [2.45, 2.75) is 19.9 Å². The molecular formula is C10H15FN2O2S. The van der Waals surface area contributed by atoms with Gasteiger partial charge in [0.15, 0.2) is 0 Å². The maximum Gasteiger partial charge on any atom is 0.209 e. The van der Waals surface area contributed by atoms with Gasteiger partial charge >= 0.3 is 0 Å². The third-order valence-electron chi connectivity index (χ3n) is 2.21. The van der Waals surface area contributed by atoms with E-state index in [1.165, 1.54) is 6.07 Å². The van der Waals surface area contributed by atoms with Gasteiger partial charge in [0.05, 0.1) is 6.26 Å². The van der Waals surface area contributed by atoms with Crippen molar-refractivity contribution in [3.63, 3.8) is 0 Å². The number of sulfonamides is 1. The highest BCUT2D eigenvalue weighted by Crippen LogP contribution is 2.18. The first-order chi connectivity index (χ1) is 7.33. The van der Waals surface area contributed by atoms with E-state index in [2.05, 4.69) is 4.72 Å². The molecule has 0 aromatic heterocycles. The van der Waals surface area contributed by atoms with Crippen LogP contribution in [-0.2, 0) is 23.0 Å². The first kappa shape index (κ1) is 12.9. The van der Waals surface area contributed by atoms with E-state index in [-0.39, 0.29) is 18.0 Å². The second-order valence-corrected chi connectivity index (χ2v) is 5.42. The van der Waals surface area contributed by atoms with Gasteiger partial charge in [0.2, 0.25) is 10.0 Å². The van der Waals surface area contributed by atoms with Gasteiger partial charge in [0, 0.05) is 12.2 Å². The van der Waals surface area contributed by atoms with Crippen molar-refractivity contribution in [2.24, 2.45) is 0 Å². The Hall–Kier alpha value is -1.14. The molecule has 0 radical (unpaired) electrons. The zero-order valence-electron chi connectivity index (χ0n) is 9.25. The number of benzene rings is 1. The molecule has 0 aliphatic carbocycles. The van der Waals surface area contributed by atoms with Gasteiger partial charge in [-0.3, -0.25) is 0 Å². The fraction of sp³-hybridized carbons (Fsp3) is 0.400. The largest absolute Gasteiger partial charge is 0.398 e. The van der Waals surface area contributed by atoms with Gasteiger partial charge in [-0.25, -0.2) is 17.5 Å². The van der Waals surface area contributed by atoms with Crippen molar-refractivity contribution < 1.29 is 12.8 Å². The Morgan fingerprint density at radius 1 is 1.38 bits per heavy atom. The van der Waals surface area contributed by atoms with E-state index in [1.54, 1.807) is 6.07 Å². The Balaban J connectivity index is 2.96. The monoisotopic (exact) mass is 246 g/mol. The molecule has 0 bridgehead atoms. The van der Waals surface area contributed by atoms with Crippen molar-refractivity contribution in [3.05, 3.63) is 29.1 Å². The van der Waals surface area contributed by atoms with Crippen LogP contribution in [0.2, 0.25) is 0 Å². The molecule has 1 aromatic rings. The fourth-order valence-electron chi connectivity index (χ4n) is 1.32. The summed E-state index contributed by atoms with van der Waals surface area (Å²) in [5.74, 6) is -0.358. The smallest absolute Gasteiger partial charge is 0.209 e. The molecule has 1 aromatic carbocycles. The van der Waals surface area contributed by atoms with Crippen LogP contribution in [0.25, 0.3) is 0 Å². The minimum absolute atomic E-state index is 0.0813. The summed E-state index contributed by atoms with van der Waals surface area (Å²) in [6, 6.07) is 2.81. The molecule has 0 unspecified atom stereocenters. The fourth-order valence-corrected chi connectivity index (χ4v) is 1.74. The molecule has 0 aliphatic heterocycles. The number of halogens is 1. The van der Waals surface area contributed by atoms with Crippen LogP contribution in [0.15, 0.2) is 12.1 Å². The number of aryl methyl sites for hydroxylation is 1. The number of hydrogen-bond donors (Lipinski definition) is 2. The molecule has 6 heteroatoms. The van der Waals surface area contributed by atoms with Crippen molar-refractivity contribution in [1.82, 2.24) is 4.72 Å². The van der Waals surface area contributed by atoms with Gasteiger partial charge in [-0.15, -0.1) is 0 Å². The second kappa shape index (κ2) is 4.80. The summed E-state index contributed by atoms with van der Waals surface area (Å²) < 4.78 is 37.4. The lowest BCUT2D eigenvalue weighted by molar-refractivity contribution is 0.587. The Bertz CT molecular complexity index is 486. The number of anilines is 1. The van der Waals surface area contributed by atoms with Gasteiger partial charge in [0.1, 0.15) is 5.82 Å². The van der Waals surface area contributed by atoms with Gasteiger partial charge in [0.25, 0.3) is 0 Å². The molecular weight excluding hydrogens is 231 g/mol. The topological polar surface area (TPSA) is 72.2 Å². The number of hydrogen-bond acceptors (Lipinski definition) is 3. The summed E-state index contributed by atoms with van der Waals surface area (Å²) in [6.07, 6.45) is 1.60. The zero-order chi connectivity index (χ0) is 12.3. The van der Waals surface area contributed by atoms with E-state index in [0.717, 1.165) is 6.26 Å². The standard InChI is InChI=1S/C10H15FN2O2S/c1-3-7-4-8(6-13-16(2,14)15)10(12)5-9(7)11/h4-5,13H,3,6,12H2,1-2H3. The number of nitrogens with two attached hydrogens (primary N) is 1. The Kier molecular flexibility index (Phi) is 3.88. The van der Waals surface area contributed by atoms with Crippen LogP contribution in [0, 0.1) is 5.82 Å². The van der Waals surface area contributed by atoms with Crippen molar-refractivity contribution in [2.75, 3.05) is 12.0 Å².